The van der Waals surface area contributed by atoms with Crippen molar-refractivity contribution in [3.8, 4) is 0 Å². The molecule has 0 aliphatic carbocycles. The number of nitrogens with one attached hydrogen (secondary N) is 1. The molecule has 0 heterocycles. The third kappa shape index (κ3) is 13.3. The summed E-state index contributed by atoms with van der Waals surface area (Å²) in [7, 11) is 1.60. The SMILES string of the molecule is COCCOCC(=O)NCCCCOC(C)C. The predicted molar refractivity (Wildman–Crippen MR) is 66.0 cm³/mol. The smallest absolute Gasteiger partial charge is 0.245 e. The van der Waals surface area contributed by atoms with Crippen molar-refractivity contribution < 1.29 is 19.0 Å². The van der Waals surface area contributed by atoms with E-state index in [-0.39, 0.29) is 18.6 Å². The highest BCUT2D eigenvalue weighted by Gasteiger charge is 2.00. The van der Waals surface area contributed by atoms with Crippen LogP contribution in [0.2, 0.25) is 0 Å². The lowest BCUT2D eigenvalue weighted by atomic mass is 10.3. The molecule has 0 aromatic carbocycles. The second-order valence-corrected chi connectivity index (χ2v) is 4.02. The van der Waals surface area contributed by atoms with E-state index in [9.17, 15) is 4.79 Å². The Morgan fingerprint density at radius 2 is 1.94 bits per heavy atom. The Balaban J connectivity index is 3.16. The van der Waals surface area contributed by atoms with Crippen LogP contribution in [0.15, 0.2) is 0 Å². The van der Waals surface area contributed by atoms with Gasteiger partial charge in [-0.05, 0) is 26.7 Å². The van der Waals surface area contributed by atoms with Gasteiger partial charge in [-0.1, -0.05) is 0 Å². The van der Waals surface area contributed by atoms with Crippen LogP contribution in [0.3, 0.4) is 0 Å². The molecule has 0 aliphatic heterocycles. The average Bonchev–Trinajstić information content (AvgIpc) is 2.29. The van der Waals surface area contributed by atoms with Crippen molar-refractivity contribution in [2.75, 3.05) is 40.1 Å². The minimum atomic E-state index is -0.0779. The molecule has 5 heteroatoms. The summed E-state index contributed by atoms with van der Waals surface area (Å²) < 4.78 is 15.3. The van der Waals surface area contributed by atoms with Gasteiger partial charge >= 0.3 is 0 Å². The van der Waals surface area contributed by atoms with Crippen LogP contribution >= 0.6 is 0 Å². The van der Waals surface area contributed by atoms with Crippen LogP contribution in [-0.2, 0) is 19.0 Å². The molecule has 0 radical (unpaired) electrons. The number of rotatable bonds is 11. The molecule has 0 aromatic rings. The third-order valence-corrected chi connectivity index (χ3v) is 2.01. The van der Waals surface area contributed by atoms with Crippen molar-refractivity contribution in [1.82, 2.24) is 5.32 Å². The largest absolute Gasteiger partial charge is 0.382 e. The van der Waals surface area contributed by atoms with Crippen molar-refractivity contribution in [2.24, 2.45) is 0 Å². The van der Waals surface area contributed by atoms with Crippen molar-refractivity contribution >= 4 is 5.91 Å². The summed E-state index contributed by atoms with van der Waals surface area (Å²) in [4.78, 5) is 11.2. The van der Waals surface area contributed by atoms with Crippen LogP contribution in [0.5, 0.6) is 0 Å². The maximum atomic E-state index is 11.2. The molecule has 102 valence electrons. The monoisotopic (exact) mass is 247 g/mol. The number of carbonyl (C=O) groups excluding carboxylic acids is 1. The Labute approximate surface area is 104 Å². The number of unbranched alkanes of at least 4 members (excludes halogenated alkanes) is 1. The fourth-order valence-corrected chi connectivity index (χ4v) is 1.13. The van der Waals surface area contributed by atoms with Gasteiger partial charge < -0.3 is 19.5 Å². The third-order valence-electron chi connectivity index (χ3n) is 2.01. The van der Waals surface area contributed by atoms with Gasteiger partial charge in [0.25, 0.3) is 0 Å². The highest BCUT2D eigenvalue weighted by molar-refractivity contribution is 5.77. The Morgan fingerprint density at radius 1 is 1.18 bits per heavy atom. The molecule has 1 amide bonds. The summed E-state index contributed by atoms with van der Waals surface area (Å²) in [6.07, 6.45) is 2.17. The predicted octanol–water partition coefficient (Wildman–Crippen LogP) is 0.971. The van der Waals surface area contributed by atoms with Crippen LogP contribution in [0.4, 0.5) is 0 Å². The van der Waals surface area contributed by atoms with E-state index in [2.05, 4.69) is 5.32 Å². The van der Waals surface area contributed by atoms with Gasteiger partial charge in [0.1, 0.15) is 6.61 Å². The molecule has 0 aliphatic rings. The zero-order valence-electron chi connectivity index (χ0n) is 11.2. The molecule has 0 rings (SSSR count). The molecular formula is C12H25NO4. The summed E-state index contributed by atoms with van der Waals surface area (Å²) in [5.74, 6) is -0.0779. The molecular weight excluding hydrogens is 222 g/mol. The lowest BCUT2D eigenvalue weighted by Crippen LogP contribution is -2.29. The van der Waals surface area contributed by atoms with E-state index in [4.69, 9.17) is 14.2 Å². The van der Waals surface area contributed by atoms with E-state index in [0.29, 0.717) is 19.8 Å². The number of carbonyl (C=O) groups is 1. The van der Waals surface area contributed by atoms with Gasteiger partial charge in [0.15, 0.2) is 0 Å². The summed E-state index contributed by atoms with van der Waals surface area (Å²) >= 11 is 0. The molecule has 5 nitrogen and oxygen atoms in total. The first kappa shape index (κ1) is 16.4. The van der Waals surface area contributed by atoms with Crippen LogP contribution in [0.1, 0.15) is 26.7 Å². The Morgan fingerprint density at radius 3 is 2.59 bits per heavy atom. The lowest BCUT2D eigenvalue weighted by molar-refractivity contribution is -0.126. The van der Waals surface area contributed by atoms with Crippen LogP contribution in [0, 0.1) is 0 Å². The van der Waals surface area contributed by atoms with Gasteiger partial charge in [0.2, 0.25) is 5.91 Å². The second-order valence-electron chi connectivity index (χ2n) is 4.02. The highest BCUT2D eigenvalue weighted by atomic mass is 16.5. The fraction of sp³-hybridized carbons (Fsp3) is 0.917. The lowest BCUT2D eigenvalue weighted by Gasteiger charge is -2.08. The Hall–Kier alpha value is -0.650. The van der Waals surface area contributed by atoms with E-state index in [1.165, 1.54) is 0 Å². The Kier molecular flexibility index (Phi) is 11.4. The van der Waals surface area contributed by atoms with Crippen LogP contribution in [0.25, 0.3) is 0 Å². The zero-order valence-corrected chi connectivity index (χ0v) is 11.2. The standard InChI is InChI=1S/C12H25NO4/c1-11(2)17-7-5-4-6-13-12(14)10-16-9-8-15-3/h11H,4-10H2,1-3H3,(H,13,14). The molecule has 0 spiro atoms. The van der Waals surface area contributed by atoms with E-state index in [0.717, 1.165) is 19.4 Å². The average molecular weight is 247 g/mol. The molecule has 0 saturated carbocycles. The summed E-state index contributed by atoms with van der Waals surface area (Å²) in [6, 6.07) is 0. The van der Waals surface area contributed by atoms with E-state index in [1.807, 2.05) is 13.8 Å². The topological polar surface area (TPSA) is 56.8 Å². The van der Waals surface area contributed by atoms with E-state index in [1.54, 1.807) is 7.11 Å². The molecule has 0 fully saturated rings. The van der Waals surface area contributed by atoms with Gasteiger partial charge in [0, 0.05) is 20.3 Å². The highest BCUT2D eigenvalue weighted by Crippen LogP contribution is 1.93. The first-order chi connectivity index (χ1) is 8.16. The Bertz CT molecular complexity index is 185. The van der Waals surface area contributed by atoms with Gasteiger partial charge in [-0.2, -0.15) is 0 Å². The van der Waals surface area contributed by atoms with Gasteiger partial charge in [-0.3, -0.25) is 4.79 Å². The number of methoxy groups -OCH3 is 1. The zero-order chi connectivity index (χ0) is 12.9. The molecule has 0 bridgehead atoms. The number of hydrogen-bond donors (Lipinski definition) is 1. The minimum absolute atomic E-state index is 0.0779. The van der Waals surface area contributed by atoms with Crippen molar-refractivity contribution in [2.45, 2.75) is 32.8 Å². The minimum Gasteiger partial charge on any atom is -0.382 e. The van der Waals surface area contributed by atoms with E-state index < -0.39 is 0 Å². The quantitative estimate of drug-likeness (QED) is 0.553. The fourth-order valence-electron chi connectivity index (χ4n) is 1.13. The normalized spacial score (nSPS) is 10.8. The molecule has 0 aromatic heterocycles. The van der Waals surface area contributed by atoms with Gasteiger partial charge in [0.05, 0.1) is 19.3 Å². The molecule has 17 heavy (non-hydrogen) atoms. The van der Waals surface area contributed by atoms with Gasteiger partial charge in [-0.25, -0.2) is 0 Å². The molecule has 0 saturated heterocycles. The second kappa shape index (κ2) is 11.8. The van der Waals surface area contributed by atoms with Gasteiger partial charge in [-0.15, -0.1) is 0 Å². The maximum absolute atomic E-state index is 11.2. The van der Waals surface area contributed by atoms with E-state index >= 15 is 0 Å². The van der Waals surface area contributed by atoms with Crippen LogP contribution in [-0.4, -0.2) is 52.1 Å². The first-order valence-corrected chi connectivity index (χ1v) is 6.11. The van der Waals surface area contributed by atoms with Crippen LogP contribution < -0.4 is 5.32 Å². The molecule has 0 unspecified atom stereocenters. The summed E-state index contributed by atoms with van der Waals surface area (Å²) in [6.45, 7) is 6.52. The maximum Gasteiger partial charge on any atom is 0.245 e. The van der Waals surface area contributed by atoms with Crippen molar-refractivity contribution in [3.05, 3.63) is 0 Å². The number of amides is 1. The van der Waals surface area contributed by atoms with Crippen molar-refractivity contribution in [1.29, 1.82) is 0 Å². The first-order valence-electron chi connectivity index (χ1n) is 6.11. The summed E-state index contributed by atoms with van der Waals surface area (Å²) in [5, 5.41) is 2.79. The summed E-state index contributed by atoms with van der Waals surface area (Å²) in [5.41, 5.74) is 0. The molecule has 0 atom stereocenters. The van der Waals surface area contributed by atoms with Crippen molar-refractivity contribution in [3.63, 3.8) is 0 Å². The number of hydrogen-bond acceptors (Lipinski definition) is 4. The molecule has 1 N–H and O–H groups in total. The number of ether oxygens (including phenoxy) is 3.